The quantitative estimate of drug-likeness (QED) is 0.657. The standard InChI is InChI=1S/C14H24O4/c1-4-11(16)14(2,3)12(8-9-15)18-13-7-5-6-10-17-13/h9,12-13H,4-8,10H2,1-3H3/t12-,13?/m0/s1. The molecular weight excluding hydrogens is 232 g/mol. The zero-order valence-corrected chi connectivity index (χ0v) is 11.6. The summed E-state index contributed by atoms with van der Waals surface area (Å²) in [6.45, 7) is 6.21. The van der Waals surface area contributed by atoms with Gasteiger partial charge in [0.05, 0.1) is 11.5 Å². The summed E-state index contributed by atoms with van der Waals surface area (Å²) < 4.78 is 11.4. The molecule has 1 aliphatic rings. The van der Waals surface area contributed by atoms with Crippen LogP contribution in [0, 0.1) is 5.41 Å². The molecule has 0 aromatic carbocycles. The molecular formula is C14H24O4. The molecule has 1 saturated heterocycles. The van der Waals surface area contributed by atoms with E-state index >= 15 is 0 Å². The Morgan fingerprint density at radius 1 is 1.50 bits per heavy atom. The zero-order valence-electron chi connectivity index (χ0n) is 11.6. The van der Waals surface area contributed by atoms with Gasteiger partial charge in [0.1, 0.15) is 12.1 Å². The minimum atomic E-state index is -0.642. The molecule has 1 rings (SSSR count). The molecule has 0 aromatic rings. The van der Waals surface area contributed by atoms with E-state index in [0.29, 0.717) is 13.0 Å². The third-order valence-electron chi connectivity index (χ3n) is 3.61. The number of ketones is 1. The van der Waals surface area contributed by atoms with Crippen LogP contribution in [0.4, 0.5) is 0 Å². The van der Waals surface area contributed by atoms with E-state index in [1.807, 2.05) is 20.8 Å². The second-order valence-electron chi connectivity index (χ2n) is 5.32. The largest absolute Gasteiger partial charge is 0.353 e. The highest BCUT2D eigenvalue weighted by molar-refractivity contribution is 5.84. The summed E-state index contributed by atoms with van der Waals surface area (Å²) in [5.41, 5.74) is -0.642. The van der Waals surface area contributed by atoms with Crippen LogP contribution in [0.5, 0.6) is 0 Å². The topological polar surface area (TPSA) is 52.6 Å². The SMILES string of the molecule is CCC(=O)C(C)(C)[C@H](CC=O)OC1CCCCO1. The number of hydrogen-bond donors (Lipinski definition) is 0. The first-order chi connectivity index (χ1) is 8.52. The average molecular weight is 256 g/mol. The molecule has 0 bridgehead atoms. The van der Waals surface area contributed by atoms with Crippen molar-refractivity contribution in [2.45, 2.75) is 65.3 Å². The van der Waals surface area contributed by atoms with Crippen molar-refractivity contribution in [3.63, 3.8) is 0 Å². The van der Waals surface area contributed by atoms with Gasteiger partial charge in [-0.25, -0.2) is 0 Å². The summed E-state index contributed by atoms with van der Waals surface area (Å²) in [5.74, 6) is 0.116. The van der Waals surface area contributed by atoms with Gasteiger partial charge in [-0.2, -0.15) is 0 Å². The lowest BCUT2D eigenvalue weighted by atomic mass is 9.79. The van der Waals surface area contributed by atoms with Crippen molar-refractivity contribution in [3.8, 4) is 0 Å². The number of hydrogen-bond acceptors (Lipinski definition) is 4. The fourth-order valence-corrected chi connectivity index (χ4v) is 2.24. The molecule has 1 aliphatic heterocycles. The molecule has 4 heteroatoms. The van der Waals surface area contributed by atoms with Crippen LogP contribution in [-0.4, -0.2) is 31.1 Å². The fourth-order valence-electron chi connectivity index (χ4n) is 2.24. The van der Waals surface area contributed by atoms with E-state index in [9.17, 15) is 9.59 Å². The molecule has 1 fully saturated rings. The predicted octanol–water partition coefficient (Wildman–Crippen LogP) is 2.49. The van der Waals surface area contributed by atoms with Gasteiger partial charge in [-0.1, -0.05) is 20.8 Å². The maximum absolute atomic E-state index is 12.0. The average Bonchev–Trinajstić information content (AvgIpc) is 2.38. The Morgan fingerprint density at radius 3 is 2.72 bits per heavy atom. The summed E-state index contributed by atoms with van der Waals surface area (Å²) in [6.07, 6.45) is 3.80. The molecule has 0 aliphatic carbocycles. The maximum Gasteiger partial charge on any atom is 0.158 e. The van der Waals surface area contributed by atoms with Crippen molar-refractivity contribution in [1.29, 1.82) is 0 Å². The minimum absolute atomic E-state index is 0.116. The number of carbonyl (C=O) groups excluding carboxylic acids is 2. The summed E-state index contributed by atoms with van der Waals surface area (Å²) in [4.78, 5) is 22.7. The zero-order chi connectivity index (χ0) is 13.6. The molecule has 0 aromatic heterocycles. The van der Waals surface area contributed by atoms with Gasteiger partial charge in [0.2, 0.25) is 0 Å². The Balaban J connectivity index is 2.68. The van der Waals surface area contributed by atoms with Gasteiger partial charge in [0, 0.05) is 19.4 Å². The fraction of sp³-hybridized carbons (Fsp3) is 0.857. The normalized spacial score (nSPS) is 22.5. The van der Waals surface area contributed by atoms with Crippen molar-refractivity contribution in [2.24, 2.45) is 5.41 Å². The Labute approximate surface area is 109 Å². The predicted molar refractivity (Wildman–Crippen MR) is 68.2 cm³/mol. The van der Waals surface area contributed by atoms with Gasteiger partial charge in [-0.05, 0) is 19.3 Å². The molecule has 0 saturated carbocycles. The van der Waals surface area contributed by atoms with E-state index in [1.165, 1.54) is 0 Å². The van der Waals surface area contributed by atoms with Gasteiger partial charge < -0.3 is 14.3 Å². The Hall–Kier alpha value is -0.740. The van der Waals surface area contributed by atoms with E-state index in [4.69, 9.17) is 9.47 Å². The second-order valence-corrected chi connectivity index (χ2v) is 5.32. The first-order valence-electron chi connectivity index (χ1n) is 6.76. The van der Waals surface area contributed by atoms with E-state index in [1.54, 1.807) is 0 Å². The highest BCUT2D eigenvalue weighted by atomic mass is 16.7. The van der Waals surface area contributed by atoms with Crippen LogP contribution in [0.3, 0.4) is 0 Å². The third-order valence-corrected chi connectivity index (χ3v) is 3.61. The monoisotopic (exact) mass is 256 g/mol. The Morgan fingerprint density at radius 2 is 2.22 bits per heavy atom. The van der Waals surface area contributed by atoms with Crippen LogP contribution in [0.2, 0.25) is 0 Å². The van der Waals surface area contributed by atoms with Crippen molar-refractivity contribution in [2.75, 3.05) is 6.61 Å². The molecule has 1 unspecified atom stereocenters. The number of rotatable bonds is 7. The van der Waals surface area contributed by atoms with E-state index in [2.05, 4.69) is 0 Å². The van der Waals surface area contributed by atoms with Crippen molar-refractivity contribution in [1.82, 2.24) is 0 Å². The number of aldehydes is 1. The molecule has 104 valence electrons. The minimum Gasteiger partial charge on any atom is -0.353 e. The van der Waals surface area contributed by atoms with Gasteiger partial charge >= 0.3 is 0 Å². The third kappa shape index (κ3) is 3.89. The highest BCUT2D eigenvalue weighted by Gasteiger charge is 2.37. The maximum atomic E-state index is 12.0. The molecule has 0 amide bonds. The van der Waals surface area contributed by atoms with Gasteiger partial charge in [-0.3, -0.25) is 4.79 Å². The highest BCUT2D eigenvalue weighted by Crippen LogP contribution is 2.30. The summed E-state index contributed by atoms with van der Waals surface area (Å²) in [7, 11) is 0. The lowest BCUT2D eigenvalue weighted by Crippen LogP contribution is -2.42. The molecule has 0 spiro atoms. The first kappa shape index (κ1) is 15.3. The molecule has 4 nitrogen and oxygen atoms in total. The molecule has 0 N–H and O–H groups in total. The number of ether oxygens (including phenoxy) is 2. The van der Waals surface area contributed by atoms with Crippen molar-refractivity contribution >= 4 is 12.1 Å². The van der Waals surface area contributed by atoms with Crippen LogP contribution >= 0.6 is 0 Å². The van der Waals surface area contributed by atoms with Crippen molar-refractivity contribution < 1.29 is 19.1 Å². The van der Waals surface area contributed by atoms with Crippen LogP contribution < -0.4 is 0 Å². The second kappa shape index (κ2) is 7.00. The van der Waals surface area contributed by atoms with Gasteiger partial charge in [-0.15, -0.1) is 0 Å². The lowest BCUT2D eigenvalue weighted by Gasteiger charge is -2.35. The van der Waals surface area contributed by atoms with Crippen LogP contribution in [0.1, 0.15) is 52.9 Å². The summed E-state index contributed by atoms with van der Waals surface area (Å²) >= 11 is 0. The van der Waals surface area contributed by atoms with Crippen molar-refractivity contribution in [3.05, 3.63) is 0 Å². The van der Waals surface area contributed by atoms with E-state index in [0.717, 1.165) is 25.5 Å². The summed E-state index contributed by atoms with van der Waals surface area (Å²) in [5, 5.41) is 0. The Bertz CT molecular complexity index is 280. The van der Waals surface area contributed by atoms with Gasteiger partial charge in [0.15, 0.2) is 6.29 Å². The van der Waals surface area contributed by atoms with Gasteiger partial charge in [0.25, 0.3) is 0 Å². The molecule has 2 atom stereocenters. The van der Waals surface area contributed by atoms with E-state index < -0.39 is 11.5 Å². The van der Waals surface area contributed by atoms with Crippen LogP contribution in [0.25, 0.3) is 0 Å². The molecule has 1 heterocycles. The number of Topliss-reactive ketones (excluding diaryl/α,β-unsaturated/α-hetero) is 1. The van der Waals surface area contributed by atoms with Crippen LogP contribution in [0.15, 0.2) is 0 Å². The van der Waals surface area contributed by atoms with Crippen LogP contribution in [-0.2, 0) is 19.1 Å². The lowest BCUT2D eigenvalue weighted by molar-refractivity contribution is -0.208. The summed E-state index contributed by atoms with van der Waals surface area (Å²) in [6, 6.07) is 0. The first-order valence-corrected chi connectivity index (χ1v) is 6.76. The number of carbonyl (C=O) groups is 2. The Kier molecular flexibility index (Phi) is 5.96. The molecule has 18 heavy (non-hydrogen) atoms. The smallest absolute Gasteiger partial charge is 0.158 e. The van der Waals surface area contributed by atoms with E-state index in [-0.39, 0.29) is 18.5 Å². The molecule has 0 radical (unpaired) electrons.